The van der Waals surface area contributed by atoms with Gasteiger partial charge >= 0.3 is 5.97 Å². The summed E-state index contributed by atoms with van der Waals surface area (Å²) in [4.78, 5) is 20.0. The number of hydrogen-bond acceptors (Lipinski definition) is 4. The first-order valence-electron chi connectivity index (χ1n) is 3.57. The quantitative estimate of drug-likeness (QED) is 0.327. The fourth-order valence-electron chi connectivity index (χ4n) is 0.966. The van der Waals surface area contributed by atoms with Gasteiger partial charge in [0.25, 0.3) is 6.47 Å². The van der Waals surface area contributed by atoms with Crippen LogP contribution in [0.25, 0.3) is 0 Å². The summed E-state index contributed by atoms with van der Waals surface area (Å²) in [5.41, 5.74) is 0. The lowest BCUT2D eigenvalue weighted by Gasteiger charge is -2.24. The van der Waals surface area contributed by atoms with E-state index in [1.165, 1.54) is 0 Å². The van der Waals surface area contributed by atoms with E-state index in [1.54, 1.807) is 0 Å². The summed E-state index contributed by atoms with van der Waals surface area (Å²) >= 11 is 0. The van der Waals surface area contributed by atoms with Crippen molar-refractivity contribution in [3.63, 3.8) is 0 Å². The van der Waals surface area contributed by atoms with Gasteiger partial charge in [0, 0.05) is 0 Å². The van der Waals surface area contributed by atoms with Gasteiger partial charge in [-0.2, -0.15) is 0 Å². The molecule has 0 spiro atoms. The van der Waals surface area contributed by atoms with Gasteiger partial charge in [-0.25, -0.2) is 0 Å². The smallest absolute Gasteiger partial charge is 0.309 e. The second-order valence-electron chi connectivity index (χ2n) is 2.43. The summed E-state index contributed by atoms with van der Waals surface area (Å²) in [6.45, 7) is 0.838. The van der Waals surface area contributed by atoms with E-state index >= 15 is 0 Å². The number of esters is 1. The number of ether oxygens (including phenoxy) is 2. The van der Waals surface area contributed by atoms with Crippen LogP contribution in [0, 0.1) is 0 Å². The minimum Gasteiger partial charge on any atom is -0.468 e. The first kappa shape index (κ1) is 8.04. The highest BCUT2D eigenvalue weighted by Crippen LogP contribution is 2.17. The molecule has 1 aliphatic rings. The maximum absolute atomic E-state index is 10.3. The topological polar surface area (TPSA) is 52.6 Å². The van der Waals surface area contributed by atoms with Gasteiger partial charge in [-0.3, -0.25) is 9.59 Å². The first-order chi connectivity index (χ1) is 5.33. The molecule has 0 amide bonds. The van der Waals surface area contributed by atoms with Crippen molar-refractivity contribution < 1.29 is 19.1 Å². The standard InChI is InChI=1S/C7H10O4/c8-5-10-3-1-2-6-4-7(9)11-6/h5-6H,1-4H2. The Morgan fingerprint density at radius 1 is 1.73 bits per heavy atom. The molecule has 1 heterocycles. The van der Waals surface area contributed by atoms with Crippen molar-refractivity contribution in [3.8, 4) is 0 Å². The van der Waals surface area contributed by atoms with Crippen LogP contribution in [-0.2, 0) is 19.1 Å². The zero-order chi connectivity index (χ0) is 8.10. The zero-order valence-electron chi connectivity index (χ0n) is 6.12. The minimum absolute atomic E-state index is 0.0674. The number of hydrogen-bond donors (Lipinski definition) is 0. The maximum Gasteiger partial charge on any atom is 0.309 e. The summed E-state index contributed by atoms with van der Waals surface area (Å²) < 4.78 is 9.19. The summed E-state index contributed by atoms with van der Waals surface area (Å²) in [6, 6.07) is 0. The maximum atomic E-state index is 10.3. The molecule has 0 saturated carbocycles. The van der Waals surface area contributed by atoms with E-state index in [1.807, 2.05) is 0 Å². The molecule has 1 fully saturated rings. The highest BCUT2D eigenvalue weighted by molar-refractivity contribution is 5.75. The van der Waals surface area contributed by atoms with Crippen molar-refractivity contribution >= 4 is 12.4 Å². The van der Waals surface area contributed by atoms with Crippen LogP contribution in [-0.4, -0.2) is 25.2 Å². The lowest BCUT2D eigenvalue weighted by Crippen LogP contribution is -2.32. The third-order valence-electron chi connectivity index (χ3n) is 1.55. The van der Waals surface area contributed by atoms with Crippen LogP contribution >= 0.6 is 0 Å². The number of carbonyl (C=O) groups excluding carboxylic acids is 2. The molecule has 0 aromatic heterocycles. The van der Waals surface area contributed by atoms with E-state index < -0.39 is 0 Å². The Morgan fingerprint density at radius 2 is 2.45 bits per heavy atom. The fourth-order valence-corrected chi connectivity index (χ4v) is 0.966. The van der Waals surface area contributed by atoms with Crippen LogP contribution in [0.4, 0.5) is 0 Å². The predicted octanol–water partition coefficient (Wildman–Crippen LogP) is 0.255. The second kappa shape index (κ2) is 3.95. The summed E-state index contributed by atoms with van der Waals surface area (Å²) in [6.07, 6.45) is 2.13. The van der Waals surface area contributed by atoms with Gasteiger partial charge in [0.05, 0.1) is 13.0 Å². The second-order valence-corrected chi connectivity index (χ2v) is 2.43. The van der Waals surface area contributed by atoms with Gasteiger partial charge in [-0.1, -0.05) is 0 Å². The van der Waals surface area contributed by atoms with Gasteiger partial charge in [0.2, 0.25) is 0 Å². The Bertz CT molecular complexity index is 147. The molecule has 1 aliphatic heterocycles. The Morgan fingerprint density at radius 3 is 3.00 bits per heavy atom. The van der Waals surface area contributed by atoms with Crippen LogP contribution in [0.3, 0.4) is 0 Å². The van der Waals surface area contributed by atoms with Crippen LogP contribution < -0.4 is 0 Å². The van der Waals surface area contributed by atoms with Gasteiger partial charge < -0.3 is 9.47 Å². The molecular formula is C7H10O4. The molecule has 0 radical (unpaired) electrons. The molecular weight excluding hydrogens is 148 g/mol. The van der Waals surface area contributed by atoms with E-state index in [0.29, 0.717) is 19.5 Å². The molecule has 4 heteroatoms. The van der Waals surface area contributed by atoms with Crippen LogP contribution in [0.15, 0.2) is 0 Å². The molecule has 1 unspecified atom stereocenters. The molecule has 0 aliphatic carbocycles. The lowest BCUT2D eigenvalue weighted by molar-refractivity contribution is -0.170. The van der Waals surface area contributed by atoms with E-state index in [0.717, 1.165) is 12.8 Å². The normalized spacial score (nSPS) is 21.8. The number of rotatable bonds is 5. The average molecular weight is 158 g/mol. The molecule has 0 N–H and O–H groups in total. The van der Waals surface area contributed by atoms with Crippen LogP contribution in [0.5, 0.6) is 0 Å². The highest BCUT2D eigenvalue weighted by Gasteiger charge is 2.27. The van der Waals surface area contributed by atoms with Gasteiger partial charge in [0.15, 0.2) is 0 Å². The van der Waals surface area contributed by atoms with E-state index in [2.05, 4.69) is 4.74 Å². The van der Waals surface area contributed by atoms with Gasteiger partial charge in [-0.15, -0.1) is 0 Å². The Hall–Kier alpha value is -1.06. The Balaban J connectivity index is 1.88. The average Bonchev–Trinajstić information content (AvgIpc) is 1.94. The minimum atomic E-state index is -0.133. The first-order valence-corrected chi connectivity index (χ1v) is 3.57. The molecule has 0 bridgehead atoms. The molecule has 0 aromatic rings. The predicted molar refractivity (Wildman–Crippen MR) is 35.7 cm³/mol. The monoisotopic (exact) mass is 158 g/mol. The Kier molecular flexibility index (Phi) is 2.89. The van der Waals surface area contributed by atoms with E-state index in [-0.39, 0.29) is 12.1 Å². The molecule has 62 valence electrons. The molecule has 1 atom stereocenters. The van der Waals surface area contributed by atoms with Gasteiger partial charge in [-0.05, 0) is 12.8 Å². The molecule has 1 rings (SSSR count). The molecule has 0 aromatic carbocycles. The van der Waals surface area contributed by atoms with Crippen molar-refractivity contribution in [2.75, 3.05) is 6.61 Å². The summed E-state index contributed by atoms with van der Waals surface area (Å²) in [7, 11) is 0. The van der Waals surface area contributed by atoms with Crippen molar-refractivity contribution in [1.29, 1.82) is 0 Å². The third-order valence-corrected chi connectivity index (χ3v) is 1.55. The van der Waals surface area contributed by atoms with Crippen LogP contribution in [0.1, 0.15) is 19.3 Å². The molecule has 1 saturated heterocycles. The van der Waals surface area contributed by atoms with Crippen molar-refractivity contribution in [2.24, 2.45) is 0 Å². The summed E-state index contributed by atoms with van der Waals surface area (Å²) in [5, 5.41) is 0. The van der Waals surface area contributed by atoms with Crippen molar-refractivity contribution in [2.45, 2.75) is 25.4 Å². The molecule has 11 heavy (non-hydrogen) atoms. The highest BCUT2D eigenvalue weighted by atomic mass is 16.6. The van der Waals surface area contributed by atoms with Crippen LogP contribution in [0.2, 0.25) is 0 Å². The Labute approximate surface area is 64.5 Å². The lowest BCUT2D eigenvalue weighted by atomic mass is 10.1. The molecule has 4 nitrogen and oxygen atoms in total. The summed E-state index contributed by atoms with van der Waals surface area (Å²) in [5.74, 6) is -0.133. The van der Waals surface area contributed by atoms with Crippen molar-refractivity contribution in [1.82, 2.24) is 0 Å². The zero-order valence-corrected chi connectivity index (χ0v) is 6.12. The van der Waals surface area contributed by atoms with Gasteiger partial charge in [0.1, 0.15) is 6.10 Å². The number of cyclic esters (lactones) is 1. The van der Waals surface area contributed by atoms with E-state index in [9.17, 15) is 9.59 Å². The third kappa shape index (κ3) is 2.57. The SMILES string of the molecule is O=COCCCC1CC(=O)O1. The number of carbonyl (C=O) groups is 2. The largest absolute Gasteiger partial charge is 0.468 e. The van der Waals surface area contributed by atoms with Crippen molar-refractivity contribution in [3.05, 3.63) is 0 Å². The van der Waals surface area contributed by atoms with E-state index in [4.69, 9.17) is 4.74 Å². The fraction of sp³-hybridized carbons (Fsp3) is 0.714.